The van der Waals surface area contributed by atoms with Crippen LogP contribution < -0.4 is 14.2 Å². The minimum Gasteiger partial charge on any atom is -0.491 e. The Morgan fingerprint density at radius 1 is 0.524 bits per heavy atom. The third-order valence-electron chi connectivity index (χ3n) is 5.44. The van der Waals surface area contributed by atoms with Crippen LogP contribution in [0, 0.1) is 0 Å². The molecular weight excluding hydrogens is 544 g/mol. The first-order valence-electron chi connectivity index (χ1n) is 14.0. The summed E-state index contributed by atoms with van der Waals surface area (Å²) in [5.74, 6) is 2.49. The number of benzene rings is 3. The Balaban J connectivity index is 1.84. The molecule has 0 aromatic heterocycles. The van der Waals surface area contributed by atoms with Crippen LogP contribution >= 0.6 is 0 Å². The molecule has 0 aliphatic carbocycles. The molecule has 0 unspecified atom stereocenters. The summed E-state index contributed by atoms with van der Waals surface area (Å²) in [6.07, 6.45) is 0.134. The number of nitrogens with zero attached hydrogens (tertiary/aromatic N) is 6. The van der Waals surface area contributed by atoms with Crippen molar-refractivity contribution in [1.29, 1.82) is 0 Å². The number of hydrogen-bond acceptors (Lipinski definition) is 9. The van der Waals surface area contributed by atoms with Crippen molar-refractivity contribution < 1.29 is 14.2 Å². The van der Waals surface area contributed by atoms with Crippen molar-refractivity contribution in [2.75, 3.05) is 0 Å². The average molecular weight is 584 g/mol. The number of hydrogen-bond donors (Lipinski definition) is 0. The highest BCUT2D eigenvalue weighted by Crippen LogP contribution is 2.24. The fourth-order valence-electron chi connectivity index (χ4n) is 3.71. The first-order chi connectivity index (χ1) is 20.2. The van der Waals surface area contributed by atoms with E-state index in [1.165, 1.54) is 0 Å². The molecule has 0 aliphatic heterocycles. The molecule has 3 rings (SSSR count). The van der Waals surface area contributed by atoms with Crippen molar-refractivity contribution >= 4 is 10.2 Å². The molecule has 0 heterocycles. The predicted molar refractivity (Wildman–Crippen MR) is 165 cm³/mol. The fraction of sp³-hybridized carbons (Fsp3) is 0.375. The smallest absolute Gasteiger partial charge is 0.213 e. The second-order valence-electron chi connectivity index (χ2n) is 10.2. The predicted octanol–water partition coefficient (Wildman–Crippen LogP) is 8.60. The van der Waals surface area contributed by atoms with E-state index in [9.17, 15) is 0 Å². The van der Waals surface area contributed by atoms with E-state index in [1.807, 2.05) is 114 Å². The minimum atomic E-state index is 0.0419. The molecule has 0 saturated heterocycles. The molecular formula is C32H39N6O3Si. The number of azo groups is 3. The van der Waals surface area contributed by atoms with E-state index in [1.54, 1.807) is 0 Å². The Morgan fingerprint density at radius 3 is 1.17 bits per heavy atom. The Bertz CT molecular complexity index is 1330. The van der Waals surface area contributed by atoms with Gasteiger partial charge >= 0.3 is 0 Å². The third kappa shape index (κ3) is 11.0. The van der Waals surface area contributed by atoms with Crippen molar-refractivity contribution in [2.24, 2.45) is 30.7 Å². The van der Waals surface area contributed by atoms with Gasteiger partial charge in [-0.05, 0) is 59.7 Å². The summed E-state index contributed by atoms with van der Waals surface area (Å²) in [5.41, 5.74) is 2.73. The van der Waals surface area contributed by atoms with Crippen LogP contribution in [0.1, 0.15) is 58.2 Å². The lowest BCUT2D eigenvalue weighted by molar-refractivity contribution is 0.239. The first-order valence-corrected chi connectivity index (χ1v) is 14.5. The molecule has 0 atom stereocenters. The molecule has 0 fully saturated rings. The molecule has 3 aromatic rings. The summed E-state index contributed by atoms with van der Waals surface area (Å²) in [5, 5.41) is 26.4. The van der Waals surface area contributed by atoms with Gasteiger partial charge in [-0.2, -0.15) is 20.5 Å². The van der Waals surface area contributed by atoms with Gasteiger partial charge in [-0.3, -0.25) is 0 Å². The van der Waals surface area contributed by atoms with Gasteiger partial charge in [0.2, 0.25) is 5.82 Å². The maximum atomic E-state index is 5.91. The summed E-state index contributed by atoms with van der Waals surface area (Å²) in [4.78, 5) is 0. The van der Waals surface area contributed by atoms with E-state index in [4.69, 9.17) is 14.2 Å². The minimum absolute atomic E-state index is 0.0419. The van der Waals surface area contributed by atoms with Gasteiger partial charge < -0.3 is 14.2 Å². The van der Waals surface area contributed by atoms with Gasteiger partial charge in [-0.25, -0.2) is 0 Å². The van der Waals surface area contributed by atoms with E-state index >= 15 is 0 Å². The van der Waals surface area contributed by atoms with Crippen LogP contribution in [0.25, 0.3) is 0 Å². The van der Waals surface area contributed by atoms with E-state index in [0.717, 1.165) is 33.9 Å². The molecule has 42 heavy (non-hydrogen) atoms. The monoisotopic (exact) mass is 583 g/mol. The molecule has 0 saturated carbocycles. The van der Waals surface area contributed by atoms with E-state index in [-0.39, 0.29) is 24.1 Å². The van der Waals surface area contributed by atoms with Crippen molar-refractivity contribution in [2.45, 2.75) is 79.5 Å². The highest BCUT2D eigenvalue weighted by Gasteiger charge is 2.08. The summed E-state index contributed by atoms with van der Waals surface area (Å²) in [6.45, 7) is 12.8. The van der Waals surface area contributed by atoms with Gasteiger partial charge in [0, 0.05) is 16.7 Å². The van der Waals surface area contributed by atoms with Gasteiger partial charge in [0.1, 0.15) is 27.5 Å². The lowest BCUT2D eigenvalue weighted by Crippen LogP contribution is -2.07. The largest absolute Gasteiger partial charge is 0.491 e. The Hall–Kier alpha value is -4.18. The van der Waals surface area contributed by atoms with Crippen LogP contribution in [-0.2, 0) is 19.6 Å². The zero-order valence-electron chi connectivity index (χ0n) is 25.2. The summed E-state index contributed by atoms with van der Waals surface area (Å²) in [6, 6.07) is 23.2. The maximum Gasteiger partial charge on any atom is 0.213 e. The van der Waals surface area contributed by atoms with Gasteiger partial charge in [0.15, 0.2) is 0 Å². The second-order valence-corrected chi connectivity index (χ2v) is 10.7. The van der Waals surface area contributed by atoms with Crippen LogP contribution in [0.15, 0.2) is 115 Å². The lowest BCUT2D eigenvalue weighted by Gasteiger charge is -2.12. The lowest BCUT2D eigenvalue weighted by atomic mass is 10.2. The molecule has 0 aliphatic rings. The van der Waals surface area contributed by atoms with Gasteiger partial charge in [-0.15, -0.1) is 10.2 Å². The number of para-hydroxylation sites is 3. The average Bonchev–Trinajstić information content (AvgIpc) is 2.94. The molecule has 0 N–H and O–H groups in total. The van der Waals surface area contributed by atoms with Crippen LogP contribution in [0.2, 0.25) is 0 Å². The molecule has 3 aromatic carbocycles. The Kier molecular flexibility index (Phi) is 13.0. The summed E-state index contributed by atoms with van der Waals surface area (Å²) in [7, 11) is 3.54. The Labute approximate surface area is 252 Å². The summed E-state index contributed by atoms with van der Waals surface area (Å²) >= 11 is 0. The molecule has 0 amide bonds. The highest BCUT2D eigenvalue weighted by atomic mass is 28.1. The van der Waals surface area contributed by atoms with Gasteiger partial charge in [0.05, 0.1) is 43.3 Å². The standard InChI is InChI=1S/C32H39N6O3Si/c1-22(2)39-28-16-10-7-13-25(28)19-33-36-31(37-34-20-26-14-8-11-17-29(26)40-23(3)4)32(42)38-35-21-27-15-9-12-18-30(27)41-24(5)6/h7-18,22-24H,19-21H2,1-6H3. The van der Waals surface area contributed by atoms with E-state index in [0.29, 0.717) is 25.0 Å². The first kappa shape index (κ1) is 32.3. The maximum absolute atomic E-state index is 5.91. The van der Waals surface area contributed by atoms with Crippen molar-refractivity contribution in [3.8, 4) is 17.2 Å². The number of rotatable bonds is 15. The molecule has 10 heteroatoms. The molecule has 219 valence electrons. The third-order valence-corrected chi connectivity index (χ3v) is 5.77. The van der Waals surface area contributed by atoms with E-state index < -0.39 is 0 Å². The molecule has 0 bridgehead atoms. The summed E-state index contributed by atoms with van der Waals surface area (Å²) < 4.78 is 17.7. The number of ether oxygens (including phenoxy) is 3. The van der Waals surface area contributed by atoms with Crippen molar-refractivity contribution in [3.63, 3.8) is 0 Å². The normalized spacial score (nSPS) is 11.9. The highest BCUT2D eigenvalue weighted by molar-refractivity contribution is 6.21. The Morgan fingerprint density at radius 2 is 0.833 bits per heavy atom. The van der Waals surface area contributed by atoms with Gasteiger partial charge in [0.25, 0.3) is 0 Å². The molecule has 9 nitrogen and oxygen atoms in total. The van der Waals surface area contributed by atoms with Crippen LogP contribution in [0.5, 0.6) is 17.2 Å². The zero-order chi connectivity index (χ0) is 30.3. The van der Waals surface area contributed by atoms with Crippen LogP contribution in [-0.4, -0.2) is 28.6 Å². The quantitative estimate of drug-likeness (QED) is 0.132. The fourth-order valence-corrected chi connectivity index (χ4v) is 3.88. The van der Waals surface area contributed by atoms with Crippen molar-refractivity contribution in [3.05, 3.63) is 101 Å². The van der Waals surface area contributed by atoms with E-state index in [2.05, 4.69) is 40.9 Å². The SMILES string of the molecule is CC(C)Oc1ccccc1CN=NC([Si])=C(N=NCc1ccccc1OC(C)C)N=NCc1ccccc1OC(C)C. The topological polar surface area (TPSA) is 102 Å². The van der Waals surface area contributed by atoms with Crippen LogP contribution in [0.3, 0.4) is 0 Å². The second kappa shape index (κ2) is 16.9. The van der Waals surface area contributed by atoms with Crippen LogP contribution in [0.4, 0.5) is 0 Å². The molecule has 0 spiro atoms. The zero-order valence-corrected chi connectivity index (χ0v) is 26.2. The van der Waals surface area contributed by atoms with Gasteiger partial charge in [-0.1, -0.05) is 54.6 Å². The molecule has 3 radical (unpaired) electrons. The van der Waals surface area contributed by atoms with Crippen molar-refractivity contribution in [1.82, 2.24) is 0 Å².